The summed E-state index contributed by atoms with van der Waals surface area (Å²) in [5, 5.41) is 2.14. The van der Waals surface area contributed by atoms with Gasteiger partial charge in [0.2, 0.25) is 0 Å². The molecule has 2 amide bonds. The van der Waals surface area contributed by atoms with Crippen molar-refractivity contribution in [2.75, 3.05) is 7.11 Å². The third kappa shape index (κ3) is 8.07. The number of nitrogens with one attached hydrogen (secondary N) is 1. The summed E-state index contributed by atoms with van der Waals surface area (Å²) in [6.45, 7) is 1.39. The van der Waals surface area contributed by atoms with Crippen molar-refractivity contribution in [3.8, 4) is 23.0 Å². The van der Waals surface area contributed by atoms with Crippen LogP contribution in [0.1, 0.15) is 22.8 Å². The van der Waals surface area contributed by atoms with Gasteiger partial charge >= 0.3 is 200 Å². The maximum atomic E-state index is 15.1. The van der Waals surface area contributed by atoms with E-state index in [1.165, 1.54) is 6.92 Å². The molecule has 0 unspecified atom stereocenters. The van der Waals surface area contributed by atoms with Crippen LogP contribution in [0.15, 0.2) is 53.8 Å². The molecular formula is C23H17F7N2NiO5. The first kappa shape index (κ1) is 30.4. The van der Waals surface area contributed by atoms with Crippen molar-refractivity contribution < 1.29 is 69.6 Å². The number of benzene rings is 2. The van der Waals surface area contributed by atoms with Gasteiger partial charge in [-0.1, -0.05) is 0 Å². The number of carbonyl (C=O) groups excluding carboxylic acids is 2. The van der Waals surface area contributed by atoms with Crippen molar-refractivity contribution in [1.29, 1.82) is 0 Å². The fraction of sp³-hybridized carbons (Fsp3) is 0.174. The second-order valence-electron chi connectivity index (χ2n) is 7.14. The van der Waals surface area contributed by atoms with Gasteiger partial charge in [0, 0.05) is 0 Å². The first-order valence-corrected chi connectivity index (χ1v) is 10.5. The monoisotopic (exact) mass is 592 g/mol. The Balaban J connectivity index is 2.63. The van der Waals surface area contributed by atoms with Crippen molar-refractivity contribution in [2.45, 2.75) is 19.5 Å². The summed E-state index contributed by atoms with van der Waals surface area (Å²) < 4.78 is 107. The van der Waals surface area contributed by atoms with Gasteiger partial charge in [0.05, 0.1) is 0 Å². The van der Waals surface area contributed by atoms with Gasteiger partial charge in [-0.3, -0.25) is 0 Å². The Bertz CT molecular complexity index is 1300. The fourth-order valence-corrected chi connectivity index (χ4v) is 2.95. The van der Waals surface area contributed by atoms with E-state index in [1.54, 1.807) is 0 Å². The van der Waals surface area contributed by atoms with Crippen LogP contribution in [0.25, 0.3) is 0 Å². The number of hydrogen-bond donors (Lipinski definition) is 2. The Morgan fingerprint density at radius 3 is 2.16 bits per heavy atom. The molecule has 0 bridgehead atoms. The van der Waals surface area contributed by atoms with Crippen molar-refractivity contribution in [1.82, 2.24) is 5.32 Å². The molecule has 0 saturated heterocycles. The quantitative estimate of drug-likeness (QED) is 0.186. The van der Waals surface area contributed by atoms with Gasteiger partial charge in [-0.15, -0.1) is 13.2 Å². The van der Waals surface area contributed by atoms with E-state index in [9.17, 15) is 35.9 Å². The summed E-state index contributed by atoms with van der Waals surface area (Å²) >= 11 is 4.43. The first-order valence-electron chi connectivity index (χ1n) is 9.98. The van der Waals surface area contributed by atoms with Crippen LogP contribution in [0.4, 0.5) is 30.7 Å². The Kier molecular flexibility index (Phi) is 9.68. The minimum absolute atomic E-state index is 0.174. The number of methoxy groups -OCH3 is 1. The molecule has 0 radical (unpaired) electrons. The van der Waals surface area contributed by atoms with E-state index >= 15 is 4.39 Å². The molecule has 0 atom stereocenters. The summed E-state index contributed by atoms with van der Waals surface area (Å²) in [6, 6.07) is 3.39. The van der Waals surface area contributed by atoms with E-state index in [2.05, 4.69) is 25.1 Å². The van der Waals surface area contributed by atoms with Crippen molar-refractivity contribution in [2.24, 2.45) is 5.73 Å². The standard InChI is InChI=1S/C23H17F7N2O5.Ni/c1-11(2)14(6-9-18(31)33)32-21(34)19-16(8-5-13(20(19)24)22(25,26)27)36-15-7-4-12(10-17(15)35-3)37-23(28,29)30;/h1,4-10H,2-3H3,(H2,31,33)(H,32,34);/b9-6?,14-11-;. The van der Waals surface area contributed by atoms with Gasteiger partial charge in [-0.05, 0) is 0 Å². The summed E-state index contributed by atoms with van der Waals surface area (Å²) in [6.07, 6.45) is -8.43. The molecule has 0 heterocycles. The molecule has 0 aliphatic carbocycles. The van der Waals surface area contributed by atoms with E-state index in [1.807, 2.05) is 0 Å². The van der Waals surface area contributed by atoms with E-state index in [0.29, 0.717) is 12.1 Å². The van der Waals surface area contributed by atoms with E-state index < -0.39 is 58.5 Å². The van der Waals surface area contributed by atoms with Crippen LogP contribution in [0.2, 0.25) is 0 Å². The SMILES string of the molecule is COc1cc(OC(F)(F)F)ccc1Oc1ccc(C(F)(F)F)c(F)c1C(=O)N/C(C=CC(N)=O)=C(\C)[CH]=[Ni]. The molecule has 7 nitrogen and oxygen atoms in total. The number of alkyl halides is 6. The number of ether oxygens (including phenoxy) is 3. The van der Waals surface area contributed by atoms with Crippen molar-refractivity contribution in [3.05, 3.63) is 70.7 Å². The number of hydrogen-bond acceptors (Lipinski definition) is 5. The minimum atomic E-state index is -5.21. The number of carbonyl (C=O) groups is 2. The molecule has 0 spiro atoms. The third-order valence-electron chi connectivity index (χ3n) is 4.45. The zero-order chi connectivity index (χ0) is 28.8. The Morgan fingerprint density at radius 2 is 1.63 bits per heavy atom. The van der Waals surface area contributed by atoms with Gasteiger partial charge in [0.1, 0.15) is 0 Å². The third-order valence-corrected chi connectivity index (χ3v) is 4.88. The van der Waals surface area contributed by atoms with Crippen LogP contribution in [0, 0.1) is 5.82 Å². The molecule has 0 saturated carbocycles. The molecular weight excluding hydrogens is 576 g/mol. The zero-order valence-electron chi connectivity index (χ0n) is 19.2. The Morgan fingerprint density at radius 1 is 1.00 bits per heavy atom. The molecule has 2 aromatic rings. The summed E-state index contributed by atoms with van der Waals surface area (Å²) in [4.78, 5) is 25.2. The Labute approximate surface area is 217 Å². The van der Waals surface area contributed by atoms with E-state index in [0.717, 1.165) is 42.5 Å². The summed E-state index contributed by atoms with van der Waals surface area (Å²) in [7, 11) is 1.04. The molecule has 15 heteroatoms. The van der Waals surface area contributed by atoms with Crippen LogP contribution in [-0.2, 0) is 26.0 Å². The second kappa shape index (κ2) is 12.1. The normalized spacial score (nSPS) is 12.6. The van der Waals surface area contributed by atoms with Crippen molar-refractivity contribution in [3.63, 3.8) is 0 Å². The number of halogens is 7. The van der Waals surface area contributed by atoms with Gasteiger partial charge in [-0.25, -0.2) is 0 Å². The van der Waals surface area contributed by atoms with E-state index in [4.69, 9.17) is 15.2 Å². The molecule has 0 aliphatic rings. The zero-order valence-corrected chi connectivity index (χ0v) is 20.2. The Hall–Kier alpha value is -3.87. The molecule has 38 heavy (non-hydrogen) atoms. The topological polar surface area (TPSA) is 99.9 Å². The van der Waals surface area contributed by atoms with Crippen LogP contribution >= 0.6 is 0 Å². The van der Waals surface area contributed by atoms with Crippen molar-refractivity contribution >= 4 is 16.8 Å². The van der Waals surface area contributed by atoms with Gasteiger partial charge in [0.15, 0.2) is 0 Å². The molecule has 0 aliphatic heterocycles. The number of allylic oxidation sites excluding steroid dienone is 2. The van der Waals surface area contributed by atoms with Gasteiger partial charge < -0.3 is 4.74 Å². The molecule has 3 N–H and O–H groups in total. The number of primary amides is 1. The summed E-state index contributed by atoms with van der Waals surface area (Å²) in [5.41, 5.74) is 1.98. The second-order valence-corrected chi connectivity index (χ2v) is 7.42. The van der Waals surface area contributed by atoms with Crippen LogP contribution < -0.4 is 25.3 Å². The van der Waals surface area contributed by atoms with Crippen LogP contribution in [0.5, 0.6) is 23.0 Å². The molecule has 2 rings (SSSR count). The molecule has 0 fully saturated rings. The predicted molar refractivity (Wildman–Crippen MR) is 116 cm³/mol. The maximum absolute atomic E-state index is 15.1. The van der Waals surface area contributed by atoms with E-state index in [-0.39, 0.29) is 17.0 Å². The van der Waals surface area contributed by atoms with Gasteiger partial charge in [-0.2, -0.15) is 0 Å². The number of amides is 2. The number of rotatable bonds is 9. The first-order chi connectivity index (χ1) is 17.6. The summed E-state index contributed by atoms with van der Waals surface area (Å²) in [5.74, 6) is -6.63. The molecule has 0 aromatic heterocycles. The van der Waals surface area contributed by atoms with Crippen LogP contribution in [-0.4, -0.2) is 30.3 Å². The average molecular weight is 593 g/mol. The predicted octanol–water partition coefficient (Wildman–Crippen LogP) is 4.94. The average Bonchev–Trinajstić information content (AvgIpc) is 2.80. The van der Waals surface area contributed by atoms with Crippen LogP contribution in [0.3, 0.4) is 0 Å². The molecule has 208 valence electrons. The molecule has 2 aromatic carbocycles. The number of nitrogens with two attached hydrogens (primary N) is 1. The van der Waals surface area contributed by atoms with Gasteiger partial charge in [0.25, 0.3) is 0 Å². The fourth-order valence-electron chi connectivity index (χ4n) is 2.79.